The van der Waals surface area contributed by atoms with Gasteiger partial charge in [0, 0.05) is 44.1 Å². The molecule has 0 saturated heterocycles. The number of amides is 2. The van der Waals surface area contributed by atoms with Crippen LogP contribution in [0.4, 0.5) is 21.6 Å². The molecular weight excluding hydrogens is 453 g/mol. The number of anilines is 3. The lowest BCUT2D eigenvalue weighted by atomic mass is 10.1. The van der Waals surface area contributed by atoms with E-state index in [4.69, 9.17) is 9.47 Å². The molecule has 10 heteroatoms. The van der Waals surface area contributed by atoms with Crippen LogP contribution in [0.15, 0.2) is 42.7 Å². The molecule has 0 bridgehead atoms. The summed E-state index contributed by atoms with van der Waals surface area (Å²) in [6.07, 6.45) is 1.74. The second-order valence-electron chi connectivity index (χ2n) is 8.46. The third-order valence-corrected chi connectivity index (χ3v) is 5.04. The number of aromatic nitrogens is 2. The highest BCUT2D eigenvalue weighted by Gasteiger charge is 2.15. The van der Waals surface area contributed by atoms with Crippen LogP contribution in [0.1, 0.15) is 20.3 Å². The molecule has 0 atom stereocenters. The van der Waals surface area contributed by atoms with Crippen molar-refractivity contribution in [2.75, 3.05) is 44.5 Å². The summed E-state index contributed by atoms with van der Waals surface area (Å²) in [7, 11) is 3.17. The predicted octanol–water partition coefficient (Wildman–Crippen LogP) is 3.98. The average molecular weight is 484 g/mol. The molecule has 186 valence electrons. The smallest absolute Gasteiger partial charge is 0.243 e. The molecule has 2 N–H and O–H groups in total. The van der Waals surface area contributed by atoms with E-state index >= 15 is 0 Å². The maximum absolute atomic E-state index is 14.9. The van der Waals surface area contributed by atoms with Crippen LogP contribution in [0.5, 0.6) is 5.75 Å². The molecule has 9 nitrogen and oxygen atoms in total. The van der Waals surface area contributed by atoms with E-state index in [2.05, 4.69) is 20.6 Å². The summed E-state index contributed by atoms with van der Waals surface area (Å²) in [5.41, 5.74) is 1.61. The first-order valence-electron chi connectivity index (χ1n) is 11.2. The van der Waals surface area contributed by atoms with Gasteiger partial charge < -0.3 is 25.0 Å². The Kier molecular flexibility index (Phi) is 8.91. The number of methoxy groups -OCH3 is 1. The van der Waals surface area contributed by atoms with Crippen molar-refractivity contribution in [3.63, 3.8) is 0 Å². The zero-order valence-electron chi connectivity index (χ0n) is 20.3. The van der Waals surface area contributed by atoms with Gasteiger partial charge in [0.2, 0.25) is 11.8 Å². The van der Waals surface area contributed by atoms with Crippen molar-refractivity contribution in [2.24, 2.45) is 5.92 Å². The van der Waals surface area contributed by atoms with Crippen LogP contribution < -0.4 is 15.4 Å². The molecule has 2 amide bonds. The molecule has 0 aliphatic carbocycles. The maximum atomic E-state index is 14.9. The van der Waals surface area contributed by atoms with Gasteiger partial charge >= 0.3 is 0 Å². The third kappa shape index (κ3) is 7.35. The number of likely N-dealkylation sites (N-methyl/N-ethyl adjacent to an activating group) is 1. The van der Waals surface area contributed by atoms with E-state index in [1.54, 1.807) is 44.5 Å². The summed E-state index contributed by atoms with van der Waals surface area (Å²) in [4.78, 5) is 34.1. The summed E-state index contributed by atoms with van der Waals surface area (Å²) < 4.78 is 25.3. The van der Waals surface area contributed by atoms with Crippen LogP contribution in [-0.4, -0.2) is 60.6 Å². The largest absolute Gasteiger partial charge is 0.491 e. The van der Waals surface area contributed by atoms with Crippen molar-refractivity contribution >= 4 is 39.9 Å². The molecule has 1 heterocycles. The first-order valence-corrected chi connectivity index (χ1v) is 11.2. The van der Waals surface area contributed by atoms with Gasteiger partial charge in [-0.15, -0.1) is 0 Å². The van der Waals surface area contributed by atoms with E-state index < -0.39 is 5.82 Å². The van der Waals surface area contributed by atoms with E-state index in [1.807, 2.05) is 13.8 Å². The minimum Gasteiger partial charge on any atom is -0.491 e. The van der Waals surface area contributed by atoms with Gasteiger partial charge in [0.1, 0.15) is 30.3 Å². The van der Waals surface area contributed by atoms with E-state index in [-0.39, 0.29) is 29.7 Å². The number of fused-ring (bicyclic) bond motifs is 1. The number of hydrogen-bond acceptors (Lipinski definition) is 7. The van der Waals surface area contributed by atoms with Gasteiger partial charge in [0.05, 0.1) is 24.1 Å². The highest BCUT2D eigenvalue weighted by molar-refractivity contribution is 5.95. The number of ether oxygens (including phenoxy) is 2. The van der Waals surface area contributed by atoms with E-state index in [0.717, 1.165) is 0 Å². The molecule has 0 aliphatic heterocycles. The fourth-order valence-corrected chi connectivity index (χ4v) is 3.32. The fourth-order valence-electron chi connectivity index (χ4n) is 3.32. The molecule has 1 aromatic heterocycles. The van der Waals surface area contributed by atoms with Gasteiger partial charge in [-0.2, -0.15) is 0 Å². The number of benzene rings is 2. The number of nitrogens with zero attached hydrogens (tertiary/aromatic N) is 3. The fraction of sp³-hybridized carbons (Fsp3) is 0.360. The zero-order chi connectivity index (χ0) is 25.4. The molecule has 3 rings (SSSR count). The standard InChI is InChI=1S/C25H30FN5O4/c1-16(2)11-23(33)31(3)14-22(32)29-17-5-7-18(8-6-17)30-25-24-20(26)12-19(35-10-9-34-4)13-21(24)27-15-28-25/h5-8,12-13,15-16H,9-11,14H2,1-4H3,(H,29,32)(H,27,28,30). The van der Waals surface area contributed by atoms with E-state index in [9.17, 15) is 14.0 Å². The lowest BCUT2D eigenvalue weighted by molar-refractivity contribution is -0.133. The lowest BCUT2D eigenvalue weighted by Crippen LogP contribution is -2.35. The maximum Gasteiger partial charge on any atom is 0.243 e. The number of carbonyl (C=O) groups is 2. The second-order valence-corrected chi connectivity index (χ2v) is 8.46. The minimum absolute atomic E-state index is 0.0328. The molecule has 0 saturated carbocycles. The number of halogens is 1. The normalized spacial score (nSPS) is 10.9. The van der Waals surface area contributed by atoms with Crippen molar-refractivity contribution in [1.82, 2.24) is 14.9 Å². The molecule has 0 radical (unpaired) electrons. The van der Waals surface area contributed by atoms with Crippen LogP contribution in [0.3, 0.4) is 0 Å². The quantitative estimate of drug-likeness (QED) is 0.398. The zero-order valence-corrected chi connectivity index (χ0v) is 20.3. The Morgan fingerprint density at radius 3 is 2.49 bits per heavy atom. The Hall–Kier alpha value is -3.79. The van der Waals surface area contributed by atoms with E-state index in [0.29, 0.717) is 48.1 Å². The number of rotatable bonds is 11. The highest BCUT2D eigenvalue weighted by atomic mass is 19.1. The number of hydrogen-bond donors (Lipinski definition) is 2. The highest BCUT2D eigenvalue weighted by Crippen LogP contribution is 2.29. The molecule has 0 fully saturated rings. The molecule has 0 unspecified atom stereocenters. The monoisotopic (exact) mass is 483 g/mol. The van der Waals surface area contributed by atoms with Gasteiger partial charge in [-0.05, 0) is 30.2 Å². The molecular formula is C25H30FN5O4. The molecule has 0 spiro atoms. The van der Waals surface area contributed by atoms with Crippen LogP contribution in [0, 0.1) is 11.7 Å². The molecule has 3 aromatic rings. The Balaban J connectivity index is 1.65. The summed E-state index contributed by atoms with van der Waals surface area (Å²) >= 11 is 0. The van der Waals surface area contributed by atoms with Crippen LogP contribution in [0.25, 0.3) is 10.9 Å². The van der Waals surface area contributed by atoms with Gasteiger partial charge in [0.25, 0.3) is 0 Å². The summed E-state index contributed by atoms with van der Waals surface area (Å²) in [5.74, 6) is -0.000385. The lowest BCUT2D eigenvalue weighted by Gasteiger charge is -2.18. The average Bonchev–Trinajstić information content (AvgIpc) is 2.80. The van der Waals surface area contributed by atoms with Crippen molar-refractivity contribution in [2.45, 2.75) is 20.3 Å². The summed E-state index contributed by atoms with van der Waals surface area (Å²) in [5, 5.41) is 6.09. The van der Waals surface area contributed by atoms with Crippen LogP contribution in [0.2, 0.25) is 0 Å². The Labute approximate surface area is 203 Å². The SMILES string of the molecule is COCCOc1cc(F)c2c(Nc3ccc(NC(=O)CN(C)C(=O)CC(C)C)cc3)ncnc2c1. The molecule has 0 aliphatic rings. The first kappa shape index (κ1) is 25.8. The first-order chi connectivity index (χ1) is 16.8. The molecule has 2 aromatic carbocycles. The Morgan fingerprint density at radius 2 is 1.80 bits per heavy atom. The topological polar surface area (TPSA) is 106 Å². The predicted molar refractivity (Wildman–Crippen MR) is 132 cm³/mol. The molecule has 35 heavy (non-hydrogen) atoms. The van der Waals surface area contributed by atoms with Crippen LogP contribution >= 0.6 is 0 Å². The Morgan fingerprint density at radius 1 is 1.09 bits per heavy atom. The summed E-state index contributed by atoms with van der Waals surface area (Å²) in [6.45, 7) is 4.56. The third-order valence-electron chi connectivity index (χ3n) is 5.04. The Bertz CT molecular complexity index is 1170. The van der Waals surface area contributed by atoms with Crippen molar-refractivity contribution in [3.8, 4) is 5.75 Å². The van der Waals surface area contributed by atoms with Crippen molar-refractivity contribution in [3.05, 3.63) is 48.5 Å². The van der Waals surface area contributed by atoms with Gasteiger partial charge in [-0.1, -0.05) is 13.8 Å². The van der Waals surface area contributed by atoms with Crippen molar-refractivity contribution < 1.29 is 23.5 Å². The van der Waals surface area contributed by atoms with Crippen molar-refractivity contribution in [1.29, 1.82) is 0 Å². The summed E-state index contributed by atoms with van der Waals surface area (Å²) in [6, 6.07) is 9.81. The minimum atomic E-state index is -0.516. The second kappa shape index (κ2) is 12.1. The van der Waals surface area contributed by atoms with Gasteiger partial charge in [-0.3, -0.25) is 9.59 Å². The van der Waals surface area contributed by atoms with E-state index in [1.165, 1.54) is 17.3 Å². The number of nitrogens with one attached hydrogen (secondary N) is 2. The van der Waals surface area contributed by atoms with Gasteiger partial charge in [0.15, 0.2) is 0 Å². The van der Waals surface area contributed by atoms with Crippen LogP contribution in [-0.2, 0) is 14.3 Å². The van der Waals surface area contributed by atoms with Gasteiger partial charge in [-0.25, -0.2) is 14.4 Å². The number of carbonyl (C=O) groups excluding carboxylic acids is 2.